The molecule has 0 amide bonds. The Morgan fingerprint density at radius 3 is 1.77 bits per heavy atom. The van der Waals surface area contributed by atoms with E-state index in [1.807, 2.05) is 30.3 Å². The van der Waals surface area contributed by atoms with Crippen LogP contribution in [0.3, 0.4) is 0 Å². The third-order valence-corrected chi connectivity index (χ3v) is 9.38. The van der Waals surface area contributed by atoms with Crippen LogP contribution in [0, 0.1) is 0 Å². The molecule has 3 aromatic rings. The molecule has 1 aliphatic heterocycles. The van der Waals surface area contributed by atoms with Crippen molar-refractivity contribution in [3.63, 3.8) is 0 Å². The Morgan fingerprint density at radius 2 is 1.32 bits per heavy atom. The number of fused-ring (bicyclic) bond motifs is 3. The Bertz CT molecular complexity index is 897. The smallest absolute Gasteiger partial charge is 0.174 e. The van der Waals surface area contributed by atoms with Crippen LogP contribution in [-0.4, -0.2) is 12.6 Å². The summed E-state index contributed by atoms with van der Waals surface area (Å²) in [6, 6.07) is 12.7. The summed E-state index contributed by atoms with van der Waals surface area (Å²) in [5, 5.41) is 2.19. The first-order valence-electron chi connectivity index (χ1n) is 6.53. The molecule has 1 aliphatic rings. The minimum Gasteiger partial charge on any atom is -0.309 e. The van der Waals surface area contributed by atoms with E-state index in [-0.39, 0.29) is 0 Å². The van der Waals surface area contributed by atoms with Crippen LogP contribution in [0.2, 0.25) is 0 Å². The number of hydrogen-bond donors (Lipinski definition) is 0. The van der Waals surface area contributed by atoms with Gasteiger partial charge in [0.05, 0.1) is 19.5 Å². The van der Waals surface area contributed by atoms with Gasteiger partial charge in [0.2, 0.25) is 0 Å². The Labute approximate surface area is 134 Å². The lowest BCUT2D eigenvalue weighted by Crippen LogP contribution is -2.19. The molecule has 3 heterocycles. The molecule has 0 radical (unpaired) electrons. The van der Waals surface area contributed by atoms with Gasteiger partial charge in [-0.3, -0.25) is 9.59 Å². The van der Waals surface area contributed by atoms with Gasteiger partial charge in [-0.25, -0.2) is 0 Å². The molecule has 2 aromatic heterocycles. The average molecular weight is 344 g/mol. The molecule has 0 spiro atoms. The van der Waals surface area contributed by atoms with Gasteiger partial charge >= 0.3 is 0 Å². The van der Waals surface area contributed by atoms with E-state index in [9.17, 15) is 14.2 Å². The quantitative estimate of drug-likeness (QED) is 0.424. The first-order chi connectivity index (χ1) is 10.7. The van der Waals surface area contributed by atoms with Crippen LogP contribution in [0.15, 0.2) is 42.5 Å². The van der Waals surface area contributed by atoms with Crippen molar-refractivity contribution in [2.24, 2.45) is 0 Å². The van der Waals surface area contributed by atoms with Crippen molar-refractivity contribution >= 4 is 58.3 Å². The number of aldehydes is 2. The first-order valence-corrected chi connectivity index (χ1v) is 9.87. The predicted molar refractivity (Wildman–Crippen MR) is 91.4 cm³/mol. The van der Waals surface area contributed by atoms with Crippen LogP contribution < -0.4 is 15.9 Å². The van der Waals surface area contributed by atoms with Gasteiger partial charge in [-0.2, -0.15) is 0 Å². The molecule has 22 heavy (non-hydrogen) atoms. The molecular formula is C16H9O3PS2. The summed E-state index contributed by atoms with van der Waals surface area (Å²) < 4.78 is 13.9. The maximum Gasteiger partial charge on any atom is 0.174 e. The van der Waals surface area contributed by atoms with E-state index in [1.54, 1.807) is 12.1 Å². The lowest BCUT2D eigenvalue weighted by Gasteiger charge is -2.13. The molecule has 0 saturated carbocycles. The van der Waals surface area contributed by atoms with Gasteiger partial charge in [0.15, 0.2) is 19.7 Å². The van der Waals surface area contributed by atoms with Crippen molar-refractivity contribution in [2.45, 2.75) is 0 Å². The summed E-state index contributed by atoms with van der Waals surface area (Å²) >= 11 is 2.68. The van der Waals surface area contributed by atoms with Gasteiger partial charge in [0.1, 0.15) is 0 Å². The molecule has 0 aliphatic carbocycles. The van der Waals surface area contributed by atoms with Gasteiger partial charge in [0.25, 0.3) is 0 Å². The molecule has 108 valence electrons. The summed E-state index contributed by atoms with van der Waals surface area (Å²) in [5.41, 5.74) is 0. The topological polar surface area (TPSA) is 51.2 Å². The highest BCUT2D eigenvalue weighted by molar-refractivity contribution is 7.87. The normalized spacial score (nSPS) is 14.4. The van der Waals surface area contributed by atoms with E-state index in [2.05, 4.69) is 0 Å². The molecule has 6 heteroatoms. The minimum atomic E-state index is -2.98. The van der Waals surface area contributed by atoms with Gasteiger partial charge in [-0.15, -0.1) is 22.7 Å². The molecule has 0 N–H and O–H groups in total. The number of carbonyl (C=O) groups excluding carboxylic acids is 2. The fraction of sp³-hybridized carbons (Fsp3) is 0. The van der Waals surface area contributed by atoms with E-state index in [0.717, 1.165) is 38.2 Å². The highest BCUT2D eigenvalue weighted by atomic mass is 32.1. The van der Waals surface area contributed by atoms with Crippen molar-refractivity contribution < 1.29 is 14.2 Å². The molecule has 0 unspecified atom stereocenters. The van der Waals surface area contributed by atoms with E-state index in [4.69, 9.17) is 0 Å². The zero-order valence-corrected chi connectivity index (χ0v) is 13.7. The average Bonchev–Trinajstić information content (AvgIpc) is 3.22. The Morgan fingerprint density at radius 1 is 0.818 bits per heavy atom. The molecular weight excluding hydrogens is 335 g/mol. The summed E-state index contributed by atoms with van der Waals surface area (Å²) in [5.74, 6) is 0. The third kappa shape index (κ3) is 1.70. The van der Waals surface area contributed by atoms with Crippen molar-refractivity contribution in [3.8, 4) is 9.75 Å². The van der Waals surface area contributed by atoms with Crippen molar-refractivity contribution in [2.75, 3.05) is 0 Å². The third-order valence-electron chi connectivity index (χ3n) is 3.70. The maximum atomic E-state index is 13.9. The monoisotopic (exact) mass is 344 g/mol. The van der Waals surface area contributed by atoms with Gasteiger partial charge < -0.3 is 4.57 Å². The number of carbonyl (C=O) groups is 2. The molecule has 3 nitrogen and oxygen atoms in total. The molecule has 0 bridgehead atoms. The summed E-state index contributed by atoms with van der Waals surface area (Å²) in [6.07, 6.45) is 1.57. The van der Waals surface area contributed by atoms with Gasteiger partial charge in [-0.05, 0) is 12.1 Å². The molecule has 0 atom stereocenters. The highest BCUT2D eigenvalue weighted by Crippen LogP contribution is 2.56. The highest BCUT2D eigenvalue weighted by Gasteiger charge is 2.43. The van der Waals surface area contributed by atoms with Crippen LogP contribution >= 0.6 is 29.8 Å². The summed E-state index contributed by atoms with van der Waals surface area (Å²) in [6.45, 7) is 0. The second-order valence-electron chi connectivity index (χ2n) is 4.91. The van der Waals surface area contributed by atoms with Crippen molar-refractivity contribution in [1.29, 1.82) is 0 Å². The van der Waals surface area contributed by atoms with E-state index < -0.39 is 7.14 Å². The Hall–Kier alpha value is -1.81. The molecule has 0 saturated heterocycles. The zero-order chi connectivity index (χ0) is 15.3. The Balaban J connectivity index is 2.09. The predicted octanol–water partition coefficient (Wildman–Crippen LogP) is 3.05. The van der Waals surface area contributed by atoms with E-state index in [0.29, 0.717) is 9.75 Å². The van der Waals surface area contributed by atoms with Crippen LogP contribution in [0.4, 0.5) is 0 Å². The first kappa shape index (κ1) is 13.8. The largest absolute Gasteiger partial charge is 0.309 e. The lowest BCUT2D eigenvalue weighted by molar-refractivity contribution is 0.111. The van der Waals surface area contributed by atoms with Crippen molar-refractivity contribution in [3.05, 3.63) is 52.2 Å². The van der Waals surface area contributed by atoms with Crippen LogP contribution in [0.1, 0.15) is 19.3 Å². The second-order valence-corrected chi connectivity index (χ2v) is 9.77. The zero-order valence-electron chi connectivity index (χ0n) is 11.2. The molecule has 1 aromatic carbocycles. The lowest BCUT2D eigenvalue weighted by atomic mass is 10.3. The van der Waals surface area contributed by atoms with Gasteiger partial charge in [0, 0.05) is 15.9 Å². The van der Waals surface area contributed by atoms with Crippen LogP contribution in [0.5, 0.6) is 0 Å². The standard InChI is InChI=1S/C16H9O3PS2/c17-8-11-6-13-15(21-11)16-14(7-12(9-18)22-16)20(13,19)10-4-2-1-3-5-10/h1-9H. The van der Waals surface area contributed by atoms with Crippen LogP contribution in [-0.2, 0) is 4.57 Å². The van der Waals surface area contributed by atoms with Crippen LogP contribution in [0.25, 0.3) is 9.75 Å². The molecule has 0 fully saturated rings. The van der Waals surface area contributed by atoms with Gasteiger partial charge in [-0.1, -0.05) is 30.3 Å². The number of hydrogen-bond acceptors (Lipinski definition) is 5. The second kappa shape index (κ2) is 4.85. The minimum absolute atomic E-state index is 0.563. The number of thiophene rings is 2. The maximum absolute atomic E-state index is 13.9. The summed E-state index contributed by atoms with van der Waals surface area (Å²) in [7, 11) is -2.98. The van der Waals surface area contributed by atoms with E-state index >= 15 is 0 Å². The molecule has 4 rings (SSSR count). The van der Waals surface area contributed by atoms with Crippen molar-refractivity contribution in [1.82, 2.24) is 0 Å². The number of benzene rings is 1. The number of rotatable bonds is 3. The summed E-state index contributed by atoms with van der Waals surface area (Å²) in [4.78, 5) is 25.1. The fourth-order valence-electron chi connectivity index (χ4n) is 2.75. The Kier molecular flexibility index (Phi) is 3.05. The van der Waals surface area contributed by atoms with E-state index in [1.165, 1.54) is 22.7 Å². The fourth-order valence-corrected chi connectivity index (χ4v) is 8.87. The SMILES string of the molecule is O=Cc1cc2c(s1)-c1sc(C=O)cc1P2(=O)c1ccccc1.